The lowest BCUT2D eigenvalue weighted by molar-refractivity contribution is -0.163. The fourth-order valence-corrected chi connectivity index (χ4v) is 3.28. The Hall–Kier alpha value is -1.06. The summed E-state index contributed by atoms with van der Waals surface area (Å²) < 4.78 is 0. The molecule has 2 heterocycles. The largest absolute Gasteiger partial charge is 0.329 e. The van der Waals surface area contributed by atoms with Crippen molar-refractivity contribution in [2.75, 3.05) is 13.1 Å². The first-order chi connectivity index (χ1) is 9.10. The molecule has 4 nitrogen and oxygen atoms in total. The number of rotatable bonds is 4. The van der Waals surface area contributed by atoms with Crippen LogP contribution in [0.5, 0.6) is 0 Å². The predicted molar refractivity (Wildman–Crippen MR) is 74.6 cm³/mol. The molecule has 2 atom stereocenters. The van der Waals surface area contributed by atoms with Crippen molar-refractivity contribution >= 4 is 11.8 Å². The molecule has 0 aromatic heterocycles. The zero-order chi connectivity index (χ0) is 14.0. The minimum Gasteiger partial charge on any atom is -0.329 e. The molecule has 0 aromatic rings. The Balaban J connectivity index is 2.14. The Morgan fingerprint density at radius 2 is 1.84 bits per heavy atom. The highest BCUT2D eigenvalue weighted by Gasteiger charge is 2.44. The molecule has 0 aliphatic carbocycles. The number of fused-ring (bicyclic) bond motifs is 1. The number of piperazine rings is 1. The van der Waals surface area contributed by atoms with E-state index in [2.05, 4.69) is 13.8 Å². The molecule has 2 unspecified atom stereocenters. The molecule has 19 heavy (non-hydrogen) atoms. The Bertz CT molecular complexity index is 352. The number of piperidine rings is 1. The van der Waals surface area contributed by atoms with Gasteiger partial charge in [-0.15, -0.1) is 0 Å². The fraction of sp³-hybridized carbons (Fsp3) is 0.867. The quantitative estimate of drug-likeness (QED) is 0.781. The fourth-order valence-electron chi connectivity index (χ4n) is 3.28. The molecular formula is C15H26N2O2. The normalized spacial score (nSPS) is 28.0. The van der Waals surface area contributed by atoms with Gasteiger partial charge in [-0.2, -0.15) is 0 Å². The first-order valence-corrected chi connectivity index (χ1v) is 7.71. The van der Waals surface area contributed by atoms with Crippen LogP contribution >= 0.6 is 0 Å². The van der Waals surface area contributed by atoms with Crippen LogP contribution in [-0.2, 0) is 9.59 Å². The third-order valence-electron chi connectivity index (χ3n) is 4.79. The molecule has 0 bridgehead atoms. The summed E-state index contributed by atoms with van der Waals surface area (Å²) in [6, 6.07) is -0.450. The van der Waals surface area contributed by atoms with E-state index in [1.165, 1.54) is 0 Å². The number of hydrogen-bond acceptors (Lipinski definition) is 2. The molecule has 4 heteroatoms. The van der Waals surface area contributed by atoms with E-state index < -0.39 is 0 Å². The van der Waals surface area contributed by atoms with Crippen LogP contribution in [0, 0.1) is 5.92 Å². The van der Waals surface area contributed by atoms with Crippen LogP contribution in [0.3, 0.4) is 0 Å². The van der Waals surface area contributed by atoms with Crippen molar-refractivity contribution in [1.29, 1.82) is 0 Å². The van der Waals surface area contributed by atoms with Gasteiger partial charge in [0.25, 0.3) is 0 Å². The monoisotopic (exact) mass is 266 g/mol. The summed E-state index contributed by atoms with van der Waals surface area (Å²) in [5, 5.41) is 0. The van der Waals surface area contributed by atoms with Gasteiger partial charge in [-0.25, -0.2) is 0 Å². The summed E-state index contributed by atoms with van der Waals surface area (Å²) in [7, 11) is 0. The summed E-state index contributed by atoms with van der Waals surface area (Å²) in [5.74, 6) is 0.836. The van der Waals surface area contributed by atoms with Gasteiger partial charge in [0.15, 0.2) is 0 Å². The SMILES string of the molecule is CCC(CC)CN1C(=O)C2CCCCN2C(=O)C1C. The highest BCUT2D eigenvalue weighted by atomic mass is 16.2. The second-order valence-electron chi connectivity index (χ2n) is 5.89. The highest BCUT2D eigenvalue weighted by Crippen LogP contribution is 2.27. The zero-order valence-corrected chi connectivity index (χ0v) is 12.4. The molecule has 0 radical (unpaired) electrons. The van der Waals surface area contributed by atoms with Gasteiger partial charge in [0.1, 0.15) is 12.1 Å². The maximum Gasteiger partial charge on any atom is 0.246 e. The standard InChI is InChI=1S/C15H26N2O2/c1-4-12(5-2)10-17-11(3)14(18)16-9-7-6-8-13(16)15(17)19/h11-13H,4-10H2,1-3H3. The molecular weight excluding hydrogens is 240 g/mol. The number of hydrogen-bond donors (Lipinski definition) is 0. The molecule has 2 aliphatic heterocycles. The van der Waals surface area contributed by atoms with Gasteiger partial charge in [0.05, 0.1) is 0 Å². The van der Waals surface area contributed by atoms with Crippen molar-refractivity contribution in [3.05, 3.63) is 0 Å². The van der Waals surface area contributed by atoms with Crippen LogP contribution in [0.1, 0.15) is 52.9 Å². The zero-order valence-electron chi connectivity index (χ0n) is 12.4. The predicted octanol–water partition coefficient (Wildman–Crippen LogP) is 2.03. The van der Waals surface area contributed by atoms with E-state index in [-0.39, 0.29) is 23.9 Å². The molecule has 2 aliphatic rings. The average Bonchev–Trinajstić information content (AvgIpc) is 2.45. The van der Waals surface area contributed by atoms with E-state index >= 15 is 0 Å². The van der Waals surface area contributed by atoms with Gasteiger partial charge < -0.3 is 9.80 Å². The van der Waals surface area contributed by atoms with E-state index in [0.29, 0.717) is 5.92 Å². The molecule has 0 saturated carbocycles. The van der Waals surface area contributed by atoms with E-state index in [4.69, 9.17) is 0 Å². The summed E-state index contributed by atoms with van der Waals surface area (Å²) in [6.07, 6.45) is 5.07. The topological polar surface area (TPSA) is 40.6 Å². The molecule has 108 valence electrons. The van der Waals surface area contributed by atoms with Crippen LogP contribution in [-0.4, -0.2) is 46.8 Å². The van der Waals surface area contributed by atoms with E-state index in [1.54, 1.807) is 0 Å². The molecule has 2 saturated heterocycles. The number of carbonyl (C=O) groups is 2. The molecule has 2 amide bonds. The highest BCUT2D eigenvalue weighted by molar-refractivity contribution is 5.96. The third kappa shape index (κ3) is 2.63. The number of nitrogens with zero attached hydrogens (tertiary/aromatic N) is 2. The maximum atomic E-state index is 12.6. The molecule has 0 aromatic carbocycles. The van der Waals surface area contributed by atoms with Crippen molar-refractivity contribution in [2.45, 2.75) is 65.0 Å². The van der Waals surface area contributed by atoms with Gasteiger partial charge >= 0.3 is 0 Å². The maximum absolute atomic E-state index is 12.6. The molecule has 2 rings (SSSR count). The Morgan fingerprint density at radius 1 is 1.16 bits per heavy atom. The lowest BCUT2D eigenvalue weighted by Crippen LogP contribution is -2.65. The van der Waals surface area contributed by atoms with E-state index in [9.17, 15) is 9.59 Å². The van der Waals surface area contributed by atoms with Crippen molar-refractivity contribution in [3.8, 4) is 0 Å². The molecule has 0 N–H and O–H groups in total. The number of carbonyl (C=O) groups excluding carboxylic acids is 2. The first-order valence-electron chi connectivity index (χ1n) is 7.71. The van der Waals surface area contributed by atoms with Gasteiger partial charge in [0, 0.05) is 13.1 Å². The van der Waals surface area contributed by atoms with Gasteiger partial charge in [-0.3, -0.25) is 9.59 Å². The van der Waals surface area contributed by atoms with Crippen LogP contribution in [0.4, 0.5) is 0 Å². The summed E-state index contributed by atoms with van der Waals surface area (Å²) in [5.41, 5.74) is 0. The van der Waals surface area contributed by atoms with Crippen molar-refractivity contribution in [1.82, 2.24) is 9.80 Å². The molecule has 2 fully saturated rings. The smallest absolute Gasteiger partial charge is 0.246 e. The summed E-state index contributed by atoms with van der Waals surface area (Å²) in [6.45, 7) is 7.69. The van der Waals surface area contributed by atoms with Crippen molar-refractivity contribution in [3.63, 3.8) is 0 Å². The third-order valence-corrected chi connectivity index (χ3v) is 4.79. The number of amides is 2. The minimum atomic E-state index is -0.276. The Kier molecular flexibility index (Phi) is 4.48. The lowest BCUT2D eigenvalue weighted by Gasteiger charge is -2.46. The van der Waals surface area contributed by atoms with Crippen LogP contribution < -0.4 is 0 Å². The lowest BCUT2D eigenvalue weighted by atomic mass is 9.94. The average molecular weight is 266 g/mol. The van der Waals surface area contributed by atoms with Crippen molar-refractivity contribution < 1.29 is 9.59 Å². The summed E-state index contributed by atoms with van der Waals surface area (Å²) in [4.78, 5) is 28.7. The minimum absolute atomic E-state index is 0.148. The second kappa shape index (κ2) is 5.93. The summed E-state index contributed by atoms with van der Waals surface area (Å²) >= 11 is 0. The van der Waals surface area contributed by atoms with Crippen LogP contribution in [0.15, 0.2) is 0 Å². The van der Waals surface area contributed by atoms with E-state index in [1.807, 2.05) is 16.7 Å². The first kappa shape index (κ1) is 14.4. The van der Waals surface area contributed by atoms with Crippen LogP contribution in [0.2, 0.25) is 0 Å². The van der Waals surface area contributed by atoms with Gasteiger partial charge in [-0.05, 0) is 32.1 Å². The second-order valence-corrected chi connectivity index (χ2v) is 5.89. The Morgan fingerprint density at radius 3 is 2.47 bits per heavy atom. The van der Waals surface area contributed by atoms with E-state index in [0.717, 1.165) is 45.2 Å². The molecule has 0 spiro atoms. The van der Waals surface area contributed by atoms with Crippen LogP contribution in [0.25, 0.3) is 0 Å². The van der Waals surface area contributed by atoms with Gasteiger partial charge in [-0.1, -0.05) is 26.7 Å². The van der Waals surface area contributed by atoms with Crippen molar-refractivity contribution in [2.24, 2.45) is 5.92 Å². The van der Waals surface area contributed by atoms with Gasteiger partial charge in [0.2, 0.25) is 11.8 Å². The Labute approximate surface area is 116 Å².